The topological polar surface area (TPSA) is 72.3 Å². The number of hydrogen-bond acceptors (Lipinski definition) is 4. The lowest BCUT2D eigenvalue weighted by molar-refractivity contribution is -0.142. The first-order valence-corrected chi connectivity index (χ1v) is 3.63. The summed E-state index contributed by atoms with van der Waals surface area (Å²) < 4.78 is 40.5. The third-order valence-corrected chi connectivity index (χ3v) is 1.26. The normalized spacial score (nSPS) is 11.1. The molecule has 1 N–H and O–H groups in total. The highest BCUT2D eigenvalue weighted by Gasteiger charge is 2.32. The standard InChI is InChI=1S/C7H5F3N2O3/c8-7(9,10)4-1-12-5(2-11-4)15-3-6(13)14/h1-2H,3H2,(H,13,14). The summed E-state index contributed by atoms with van der Waals surface area (Å²) >= 11 is 0. The molecule has 15 heavy (non-hydrogen) atoms. The van der Waals surface area contributed by atoms with Crippen molar-refractivity contribution in [1.82, 2.24) is 9.97 Å². The van der Waals surface area contributed by atoms with E-state index in [9.17, 15) is 18.0 Å². The van der Waals surface area contributed by atoms with E-state index in [1.807, 2.05) is 0 Å². The zero-order valence-corrected chi connectivity index (χ0v) is 7.15. The third kappa shape index (κ3) is 3.41. The molecule has 0 amide bonds. The van der Waals surface area contributed by atoms with E-state index in [1.165, 1.54) is 0 Å². The first-order chi connectivity index (χ1) is 6.89. The van der Waals surface area contributed by atoms with E-state index in [-0.39, 0.29) is 5.88 Å². The number of aliphatic carboxylic acids is 1. The molecular weight excluding hydrogens is 217 g/mol. The maximum Gasteiger partial charge on any atom is 0.434 e. The van der Waals surface area contributed by atoms with Gasteiger partial charge in [-0.2, -0.15) is 13.2 Å². The predicted molar refractivity (Wildman–Crippen MR) is 40.2 cm³/mol. The second kappa shape index (κ2) is 4.11. The summed E-state index contributed by atoms with van der Waals surface area (Å²) in [5.41, 5.74) is -1.16. The Morgan fingerprint density at radius 1 is 1.40 bits per heavy atom. The second-order valence-corrected chi connectivity index (χ2v) is 2.42. The molecule has 0 aromatic carbocycles. The van der Waals surface area contributed by atoms with E-state index in [0.717, 1.165) is 0 Å². The fraction of sp³-hybridized carbons (Fsp3) is 0.286. The largest absolute Gasteiger partial charge is 0.479 e. The summed E-state index contributed by atoms with van der Waals surface area (Å²) in [6.45, 7) is -0.681. The lowest BCUT2D eigenvalue weighted by atomic mass is 10.4. The predicted octanol–water partition coefficient (Wildman–Crippen LogP) is 0.959. The molecule has 1 rings (SSSR count). The van der Waals surface area contributed by atoms with Gasteiger partial charge < -0.3 is 9.84 Å². The zero-order chi connectivity index (χ0) is 11.5. The minimum Gasteiger partial charge on any atom is -0.479 e. The molecule has 0 fully saturated rings. The van der Waals surface area contributed by atoms with E-state index >= 15 is 0 Å². The fourth-order valence-corrected chi connectivity index (χ4v) is 0.673. The minimum absolute atomic E-state index is 0.273. The molecule has 5 nitrogen and oxygen atoms in total. The Kier molecular flexibility index (Phi) is 3.08. The minimum atomic E-state index is -4.57. The number of ether oxygens (including phenoxy) is 1. The Hall–Kier alpha value is -1.86. The molecule has 0 bridgehead atoms. The molecular formula is C7H5F3N2O3. The van der Waals surface area contributed by atoms with Crippen molar-refractivity contribution in [2.75, 3.05) is 6.61 Å². The first-order valence-electron chi connectivity index (χ1n) is 3.63. The Morgan fingerprint density at radius 2 is 2.07 bits per heavy atom. The molecule has 8 heteroatoms. The van der Waals surface area contributed by atoms with Crippen LogP contribution in [0.3, 0.4) is 0 Å². The van der Waals surface area contributed by atoms with E-state index in [2.05, 4.69) is 14.7 Å². The highest BCUT2D eigenvalue weighted by Crippen LogP contribution is 2.26. The lowest BCUT2D eigenvalue weighted by Gasteiger charge is -2.05. The number of carboxylic acid groups (broad SMARTS) is 1. The van der Waals surface area contributed by atoms with Crippen molar-refractivity contribution in [2.24, 2.45) is 0 Å². The molecule has 1 aromatic heterocycles. The molecule has 0 atom stereocenters. The van der Waals surface area contributed by atoms with Gasteiger partial charge in [-0.15, -0.1) is 0 Å². The number of aromatic nitrogens is 2. The number of hydrogen-bond donors (Lipinski definition) is 1. The van der Waals surface area contributed by atoms with Gasteiger partial charge in [0.2, 0.25) is 5.88 Å². The number of rotatable bonds is 3. The van der Waals surface area contributed by atoms with Crippen LogP contribution < -0.4 is 4.74 Å². The van der Waals surface area contributed by atoms with Gasteiger partial charge in [0.25, 0.3) is 0 Å². The molecule has 0 unspecified atom stereocenters. The van der Waals surface area contributed by atoms with Crippen LogP contribution in [0.4, 0.5) is 13.2 Å². The van der Waals surface area contributed by atoms with Gasteiger partial charge in [-0.3, -0.25) is 0 Å². The summed E-state index contributed by atoms with van der Waals surface area (Å²) in [7, 11) is 0. The van der Waals surface area contributed by atoms with Gasteiger partial charge >= 0.3 is 12.1 Å². The van der Waals surface area contributed by atoms with Crippen LogP contribution in [0.2, 0.25) is 0 Å². The van der Waals surface area contributed by atoms with Crippen LogP contribution in [0.5, 0.6) is 5.88 Å². The summed E-state index contributed by atoms with van der Waals surface area (Å²) in [5, 5.41) is 8.21. The van der Waals surface area contributed by atoms with Crippen LogP contribution in [0.15, 0.2) is 12.4 Å². The summed E-state index contributed by atoms with van der Waals surface area (Å²) in [6, 6.07) is 0. The van der Waals surface area contributed by atoms with E-state index < -0.39 is 24.4 Å². The molecule has 1 heterocycles. The van der Waals surface area contributed by atoms with Crippen LogP contribution in [-0.4, -0.2) is 27.7 Å². The van der Waals surface area contributed by atoms with Crippen molar-refractivity contribution in [2.45, 2.75) is 6.18 Å². The van der Waals surface area contributed by atoms with E-state index in [0.29, 0.717) is 12.4 Å². The maximum atomic E-state index is 12.0. The van der Waals surface area contributed by atoms with Crippen molar-refractivity contribution in [3.63, 3.8) is 0 Å². The van der Waals surface area contributed by atoms with Crippen molar-refractivity contribution >= 4 is 5.97 Å². The smallest absolute Gasteiger partial charge is 0.434 e. The van der Waals surface area contributed by atoms with Gasteiger partial charge in [-0.25, -0.2) is 14.8 Å². The second-order valence-electron chi connectivity index (χ2n) is 2.42. The number of nitrogens with zero attached hydrogens (tertiary/aromatic N) is 2. The highest BCUT2D eigenvalue weighted by atomic mass is 19.4. The number of carboxylic acids is 1. The zero-order valence-electron chi connectivity index (χ0n) is 7.15. The SMILES string of the molecule is O=C(O)COc1cnc(C(F)(F)F)cn1. The van der Waals surface area contributed by atoms with Gasteiger partial charge in [-0.05, 0) is 0 Å². The lowest BCUT2D eigenvalue weighted by Crippen LogP contribution is -2.12. The van der Waals surface area contributed by atoms with E-state index in [1.54, 1.807) is 0 Å². The number of alkyl halides is 3. The summed E-state index contributed by atoms with van der Waals surface area (Å²) in [6.07, 6.45) is -3.39. The van der Waals surface area contributed by atoms with Gasteiger partial charge in [0.1, 0.15) is 0 Å². The van der Waals surface area contributed by atoms with E-state index in [4.69, 9.17) is 5.11 Å². The molecule has 0 aliphatic rings. The van der Waals surface area contributed by atoms with Crippen molar-refractivity contribution < 1.29 is 27.8 Å². The fourth-order valence-electron chi connectivity index (χ4n) is 0.673. The van der Waals surface area contributed by atoms with Crippen LogP contribution in [0.1, 0.15) is 5.69 Å². The van der Waals surface area contributed by atoms with Crippen molar-refractivity contribution in [1.29, 1.82) is 0 Å². The quantitative estimate of drug-likeness (QED) is 0.824. The average Bonchev–Trinajstić information content (AvgIpc) is 2.14. The van der Waals surface area contributed by atoms with Crippen LogP contribution in [-0.2, 0) is 11.0 Å². The number of carbonyl (C=O) groups is 1. The summed E-state index contributed by atoms with van der Waals surface area (Å²) in [5.74, 6) is -1.53. The van der Waals surface area contributed by atoms with Crippen LogP contribution >= 0.6 is 0 Å². The number of halogens is 3. The Balaban J connectivity index is 2.69. The van der Waals surface area contributed by atoms with Gasteiger partial charge in [0.15, 0.2) is 12.3 Å². The average molecular weight is 222 g/mol. The van der Waals surface area contributed by atoms with Gasteiger partial charge in [0, 0.05) is 0 Å². The molecule has 0 spiro atoms. The van der Waals surface area contributed by atoms with Gasteiger partial charge in [0.05, 0.1) is 12.4 Å². The van der Waals surface area contributed by atoms with Crippen LogP contribution in [0, 0.1) is 0 Å². The molecule has 82 valence electrons. The molecule has 0 aliphatic heterocycles. The Bertz CT molecular complexity index is 349. The summed E-state index contributed by atoms with van der Waals surface area (Å²) in [4.78, 5) is 16.3. The van der Waals surface area contributed by atoms with Crippen molar-refractivity contribution in [3.8, 4) is 5.88 Å². The first kappa shape index (κ1) is 11.2. The van der Waals surface area contributed by atoms with Crippen LogP contribution in [0.25, 0.3) is 0 Å². The third-order valence-electron chi connectivity index (χ3n) is 1.26. The molecule has 0 aliphatic carbocycles. The maximum absolute atomic E-state index is 12.0. The molecule has 0 radical (unpaired) electrons. The molecule has 0 saturated heterocycles. The monoisotopic (exact) mass is 222 g/mol. The molecule has 0 saturated carbocycles. The Labute approximate surface area is 81.5 Å². The van der Waals surface area contributed by atoms with Gasteiger partial charge in [-0.1, -0.05) is 0 Å². The highest BCUT2D eigenvalue weighted by molar-refractivity contribution is 5.68. The Morgan fingerprint density at radius 3 is 2.47 bits per heavy atom. The molecule has 1 aromatic rings. The van der Waals surface area contributed by atoms with Crippen molar-refractivity contribution in [3.05, 3.63) is 18.1 Å².